The standard InChI is InChI=1S/C14H20N2O/c1-10-8-14(2,3)16(4)13-6-5-11(9-15-17)7-12(10)13/h5-7,9-10,17H,8H2,1-4H3/b15-9+. The summed E-state index contributed by atoms with van der Waals surface area (Å²) in [5.74, 6) is 0.531. The van der Waals surface area contributed by atoms with Crippen molar-refractivity contribution in [3.05, 3.63) is 29.3 Å². The van der Waals surface area contributed by atoms with Crippen molar-refractivity contribution in [2.24, 2.45) is 5.16 Å². The van der Waals surface area contributed by atoms with Crippen molar-refractivity contribution in [3.8, 4) is 0 Å². The molecular weight excluding hydrogens is 212 g/mol. The summed E-state index contributed by atoms with van der Waals surface area (Å²) in [6.45, 7) is 6.80. The van der Waals surface area contributed by atoms with Crippen LogP contribution in [-0.2, 0) is 0 Å². The lowest BCUT2D eigenvalue weighted by Crippen LogP contribution is -2.45. The molecule has 92 valence electrons. The van der Waals surface area contributed by atoms with E-state index in [2.05, 4.69) is 50.0 Å². The average molecular weight is 232 g/mol. The van der Waals surface area contributed by atoms with Crippen LogP contribution in [0.2, 0.25) is 0 Å². The fourth-order valence-electron chi connectivity index (χ4n) is 2.74. The lowest BCUT2D eigenvalue weighted by molar-refractivity contribution is 0.322. The van der Waals surface area contributed by atoms with E-state index in [1.807, 2.05) is 6.07 Å². The fraction of sp³-hybridized carbons (Fsp3) is 0.500. The van der Waals surface area contributed by atoms with E-state index in [1.165, 1.54) is 17.5 Å². The number of rotatable bonds is 1. The molecule has 1 aliphatic rings. The van der Waals surface area contributed by atoms with E-state index in [0.717, 1.165) is 12.0 Å². The first-order valence-electron chi connectivity index (χ1n) is 6.01. The Labute approximate surface area is 103 Å². The van der Waals surface area contributed by atoms with E-state index >= 15 is 0 Å². The van der Waals surface area contributed by atoms with Gasteiger partial charge in [-0.25, -0.2) is 0 Å². The second-order valence-electron chi connectivity index (χ2n) is 5.54. The number of hydrogen-bond donors (Lipinski definition) is 1. The van der Waals surface area contributed by atoms with E-state index in [0.29, 0.717) is 5.92 Å². The lowest BCUT2D eigenvalue weighted by atomic mass is 9.80. The van der Waals surface area contributed by atoms with Crippen LogP contribution >= 0.6 is 0 Å². The van der Waals surface area contributed by atoms with Crippen molar-refractivity contribution in [1.29, 1.82) is 0 Å². The van der Waals surface area contributed by atoms with Gasteiger partial charge in [0.2, 0.25) is 0 Å². The summed E-state index contributed by atoms with van der Waals surface area (Å²) in [7, 11) is 2.14. The van der Waals surface area contributed by atoms with Crippen LogP contribution in [0.3, 0.4) is 0 Å². The zero-order chi connectivity index (χ0) is 12.6. The molecule has 3 nitrogen and oxygen atoms in total. The van der Waals surface area contributed by atoms with Gasteiger partial charge in [-0.1, -0.05) is 18.1 Å². The molecule has 1 N–H and O–H groups in total. The summed E-state index contributed by atoms with van der Waals surface area (Å²) in [4.78, 5) is 2.34. The second kappa shape index (κ2) is 4.06. The third-order valence-corrected chi connectivity index (χ3v) is 3.86. The maximum Gasteiger partial charge on any atom is 0.0733 e. The molecule has 0 saturated heterocycles. The molecule has 2 rings (SSSR count). The molecule has 0 spiro atoms. The summed E-state index contributed by atoms with van der Waals surface area (Å²) >= 11 is 0. The minimum Gasteiger partial charge on any atom is -0.411 e. The van der Waals surface area contributed by atoms with Crippen molar-refractivity contribution >= 4 is 11.9 Å². The largest absolute Gasteiger partial charge is 0.411 e. The SMILES string of the molecule is CC1CC(C)(C)N(C)c2ccc(/C=N/O)cc21. The maximum absolute atomic E-state index is 8.58. The molecule has 0 saturated carbocycles. The van der Waals surface area contributed by atoms with Gasteiger partial charge in [-0.15, -0.1) is 0 Å². The first-order valence-corrected chi connectivity index (χ1v) is 6.01. The topological polar surface area (TPSA) is 35.8 Å². The molecule has 0 aromatic heterocycles. The van der Waals surface area contributed by atoms with E-state index in [1.54, 1.807) is 0 Å². The molecule has 1 atom stereocenters. The Morgan fingerprint density at radius 3 is 2.82 bits per heavy atom. The van der Waals surface area contributed by atoms with E-state index in [-0.39, 0.29) is 5.54 Å². The van der Waals surface area contributed by atoms with E-state index in [4.69, 9.17) is 5.21 Å². The Kier molecular flexibility index (Phi) is 2.86. The molecule has 0 amide bonds. The van der Waals surface area contributed by atoms with Gasteiger partial charge in [-0.05, 0) is 49.4 Å². The molecule has 1 aliphatic heterocycles. The van der Waals surface area contributed by atoms with Crippen LogP contribution in [0.1, 0.15) is 44.2 Å². The minimum atomic E-state index is 0.193. The minimum absolute atomic E-state index is 0.193. The van der Waals surface area contributed by atoms with Crippen LogP contribution < -0.4 is 4.90 Å². The molecule has 1 heterocycles. The Morgan fingerprint density at radius 1 is 1.47 bits per heavy atom. The Hall–Kier alpha value is -1.51. The van der Waals surface area contributed by atoms with E-state index in [9.17, 15) is 0 Å². The highest BCUT2D eigenvalue weighted by atomic mass is 16.4. The van der Waals surface area contributed by atoms with Crippen molar-refractivity contribution in [2.45, 2.75) is 38.6 Å². The summed E-state index contributed by atoms with van der Waals surface area (Å²) in [6, 6.07) is 6.22. The zero-order valence-corrected chi connectivity index (χ0v) is 10.9. The number of oxime groups is 1. The van der Waals surface area contributed by atoms with Gasteiger partial charge < -0.3 is 10.1 Å². The van der Waals surface area contributed by atoms with Gasteiger partial charge >= 0.3 is 0 Å². The summed E-state index contributed by atoms with van der Waals surface area (Å²) < 4.78 is 0. The van der Waals surface area contributed by atoms with Gasteiger partial charge in [0.1, 0.15) is 0 Å². The fourth-order valence-corrected chi connectivity index (χ4v) is 2.74. The van der Waals surface area contributed by atoms with Gasteiger partial charge in [0.25, 0.3) is 0 Å². The molecule has 1 aromatic rings. The van der Waals surface area contributed by atoms with Crippen LogP contribution in [0, 0.1) is 0 Å². The normalized spacial score (nSPS) is 22.8. The predicted molar refractivity (Wildman–Crippen MR) is 71.3 cm³/mol. The third-order valence-electron chi connectivity index (χ3n) is 3.86. The highest BCUT2D eigenvalue weighted by Crippen LogP contribution is 2.42. The van der Waals surface area contributed by atoms with Gasteiger partial charge in [0.05, 0.1) is 6.21 Å². The molecular formula is C14H20N2O. The predicted octanol–water partition coefficient (Wildman–Crippen LogP) is 3.22. The molecule has 3 heteroatoms. The molecule has 0 aliphatic carbocycles. The summed E-state index contributed by atoms with van der Waals surface area (Å²) in [5.41, 5.74) is 3.76. The van der Waals surface area contributed by atoms with Gasteiger partial charge in [0.15, 0.2) is 0 Å². The zero-order valence-electron chi connectivity index (χ0n) is 10.9. The smallest absolute Gasteiger partial charge is 0.0733 e. The number of anilines is 1. The van der Waals surface area contributed by atoms with Crippen LogP contribution in [-0.4, -0.2) is 24.0 Å². The maximum atomic E-state index is 8.58. The van der Waals surface area contributed by atoms with Crippen LogP contribution in [0.25, 0.3) is 0 Å². The van der Waals surface area contributed by atoms with Crippen molar-refractivity contribution in [2.75, 3.05) is 11.9 Å². The number of nitrogens with zero attached hydrogens (tertiary/aromatic N) is 2. The molecule has 17 heavy (non-hydrogen) atoms. The average Bonchev–Trinajstić information content (AvgIpc) is 2.26. The quantitative estimate of drug-likeness (QED) is 0.458. The molecule has 1 unspecified atom stereocenters. The van der Waals surface area contributed by atoms with Crippen LogP contribution in [0.5, 0.6) is 0 Å². The van der Waals surface area contributed by atoms with Crippen LogP contribution in [0.15, 0.2) is 23.4 Å². The van der Waals surface area contributed by atoms with Crippen molar-refractivity contribution < 1.29 is 5.21 Å². The Balaban J connectivity index is 2.49. The summed E-state index contributed by atoms with van der Waals surface area (Å²) in [5, 5.41) is 11.7. The highest BCUT2D eigenvalue weighted by molar-refractivity contribution is 5.81. The number of fused-ring (bicyclic) bond motifs is 1. The Bertz CT molecular complexity index is 452. The monoisotopic (exact) mass is 232 g/mol. The number of benzene rings is 1. The van der Waals surface area contributed by atoms with Gasteiger partial charge in [0, 0.05) is 18.3 Å². The second-order valence-corrected chi connectivity index (χ2v) is 5.54. The third kappa shape index (κ3) is 2.02. The van der Waals surface area contributed by atoms with E-state index < -0.39 is 0 Å². The lowest BCUT2D eigenvalue weighted by Gasteiger charge is -2.45. The first-order chi connectivity index (χ1) is 7.95. The molecule has 0 radical (unpaired) electrons. The molecule has 1 aromatic carbocycles. The van der Waals surface area contributed by atoms with Gasteiger partial charge in [-0.2, -0.15) is 0 Å². The molecule has 0 bridgehead atoms. The molecule has 0 fully saturated rings. The highest BCUT2D eigenvalue weighted by Gasteiger charge is 2.33. The van der Waals surface area contributed by atoms with Crippen LogP contribution in [0.4, 0.5) is 5.69 Å². The summed E-state index contributed by atoms with van der Waals surface area (Å²) in [6.07, 6.45) is 2.61. The van der Waals surface area contributed by atoms with Crippen molar-refractivity contribution in [1.82, 2.24) is 0 Å². The number of hydrogen-bond acceptors (Lipinski definition) is 3. The van der Waals surface area contributed by atoms with Gasteiger partial charge in [-0.3, -0.25) is 0 Å². The first kappa shape index (κ1) is 12.0. The van der Waals surface area contributed by atoms with Crippen molar-refractivity contribution in [3.63, 3.8) is 0 Å². The Morgan fingerprint density at radius 2 is 2.18 bits per heavy atom.